The molecule has 0 bridgehead atoms. The number of carbonyl (C=O) groups is 2. The molecule has 0 saturated heterocycles. The normalized spacial score (nSPS) is 12.3. The van der Waals surface area contributed by atoms with Crippen LogP contribution in [0.4, 0.5) is 5.69 Å². The van der Waals surface area contributed by atoms with Gasteiger partial charge in [0.2, 0.25) is 5.91 Å². The Hall–Kier alpha value is -3.36. The van der Waals surface area contributed by atoms with E-state index in [1.165, 1.54) is 10.8 Å². The van der Waals surface area contributed by atoms with Crippen LogP contribution in [0.15, 0.2) is 70.5 Å². The van der Waals surface area contributed by atoms with Gasteiger partial charge in [0.15, 0.2) is 0 Å². The van der Waals surface area contributed by atoms with Gasteiger partial charge in [0, 0.05) is 30.6 Å². The number of hydrogen-bond acceptors (Lipinski definition) is 4. The highest BCUT2D eigenvalue weighted by atomic mass is 35.5. The summed E-state index contributed by atoms with van der Waals surface area (Å²) in [6.45, 7) is 13.8. The number of nitrogens with zero attached hydrogens (tertiary/aromatic N) is 2. The first-order valence-corrected chi connectivity index (χ1v) is 12.5. The summed E-state index contributed by atoms with van der Waals surface area (Å²) in [6.07, 6.45) is 5.08. The van der Waals surface area contributed by atoms with E-state index in [9.17, 15) is 14.4 Å². The van der Waals surface area contributed by atoms with E-state index in [0.29, 0.717) is 23.0 Å². The lowest BCUT2D eigenvalue weighted by Crippen LogP contribution is -2.37. The van der Waals surface area contributed by atoms with Crippen molar-refractivity contribution in [2.24, 2.45) is 12.5 Å². The van der Waals surface area contributed by atoms with Gasteiger partial charge in [0.1, 0.15) is 5.69 Å². The first kappa shape index (κ1) is 29.9. The van der Waals surface area contributed by atoms with Gasteiger partial charge < -0.3 is 15.4 Å². The lowest BCUT2D eigenvalue weighted by atomic mass is 9.88. The predicted octanol–water partition coefficient (Wildman–Crippen LogP) is 4.62. The smallest absolute Gasteiger partial charge is 0.295 e. The van der Waals surface area contributed by atoms with Gasteiger partial charge in [0.25, 0.3) is 11.5 Å². The third kappa shape index (κ3) is 8.91. The summed E-state index contributed by atoms with van der Waals surface area (Å²) < 4.78 is 8.61. The molecule has 0 aliphatic heterocycles. The van der Waals surface area contributed by atoms with Gasteiger partial charge in [-0.2, -0.15) is 0 Å². The summed E-state index contributed by atoms with van der Waals surface area (Å²) in [5.41, 5.74) is 0.879. The SMILES string of the molecule is C=C(/C=C(Cl)\C=C/COC(C)C)C(=O)NCC(C)(C)CC(=O)Nc1c(C)n(C)n(-c2ccccc2)c1=O. The number of aromatic nitrogens is 2. The van der Waals surface area contributed by atoms with Crippen LogP contribution in [-0.2, 0) is 21.4 Å². The van der Waals surface area contributed by atoms with Crippen LogP contribution in [0.25, 0.3) is 5.69 Å². The number of ether oxygens (including phenoxy) is 1. The topological polar surface area (TPSA) is 94.4 Å². The molecular formula is C28H37ClN4O4. The molecule has 0 atom stereocenters. The molecule has 1 aromatic carbocycles. The second kappa shape index (κ2) is 13.3. The van der Waals surface area contributed by atoms with Crippen molar-refractivity contribution in [2.45, 2.75) is 47.1 Å². The molecular weight excluding hydrogens is 492 g/mol. The van der Waals surface area contributed by atoms with Crippen molar-refractivity contribution >= 4 is 29.1 Å². The van der Waals surface area contributed by atoms with Crippen LogP contribution in [0.5, 0.6) is 0 Å². The number of carbonyl (C=O) groups excluding carboxylic acids is 2. The summed E-state index contributed by atoms with van der Waals surface area (Å²) in [5.74, 6) is -0.705. The molecule has 8 nitrogen and oxygen atoms in total. The van der Waals surface area contributed by atoms with E-state index >= 15 is 0 Å². The quantitative estimate of drug-likeness (QED) is 0.310. The number of hydrogen-bond donors (Lipinski definition) is 2. The highest BCUT2D eigenvalue weighted by molar-refractivity contribution is 6.31. The van der Waals surface area contributed by atoms with Crippen LogP contribution in [0.1, 0.15) is 39.8 Å². The van der Waals surface area contributed by atoms with Crippen LogP contribution in [0.3, 0.4) is 0 Å². The van der Waals surface area contributed by atoms with Gasteiger partial charge in [0.05, 0.1) is 24.1 Å². The Morgan fingerprint density at radius 2 is 1.86 bits per heavy atom. The minimum Gasteiger partial charge on any atom is -0.375 e. The fourth-order valence-electron chi connectivity index (χ4n) is 3.51. The minimum absolute atomic E-state index is 0.0913. The van der Waals surface area contributed by atoms with Crippen LogP contribution in [0, 0.1) is 12.3 Å². The zero-order valence-corrected chi connectivity index (χ0v) is 23.2. The van der Waals surface area contributed by atoms with E-state index in [2.05, 4.69) is 17.2 Å². The van der Waals surface area contributed by atoms with Gasteiger partial charge in [-0.3, -0.25) is 19.1 Å². The Bertz CT molecular complexity index is 1240. The third-order valence-corrected chi connectivity index (χ3v) is 5.83. The number of halogens is 1. The zero-order chi connectivity index (χ0) is 27.8. The van der Waals surface area contributed by atoms with Gasteiger partial charge in [-0.05, 0) is 50.5 Å². The van der Waals surface area contributed by atoms with Crippen LogP contribution < -0.4 is 16.2 Å². The summed E-state index contributed by atoms with van der Waals surface area (Å²) in [6, 6.07) is 9.21. The van der Waals surface area contributed by atoms with Crippen molar-refractivity contribution in [1.29, 1.82) is 0 Å². The first-order valence-electron chi connectivity index (χ1n) is 12.1. The molecule has 2 amide bonds. The maximum Gasteiger partial charge on any atom is 0.295 e. The number of amides is 2. The number of anilines is 1. The van der Waals surface area contributed by atoms with Crippen molar-refractivity contribution in [2.75, 3.05) is 18.5 Å². The minimum atomic E-state index is -0.581. The molecule has 2 rings (SSSR count). The first-order chi connectivity index (χ1) is 17.3. The maximum absolute atomic E-state index is 13.0. The molecule has 2 N–H and O–H groups in total. The van der Waals surface area contributed by atoms with Gasteiger partial charge in [-0.25, -0.2) is 4.68 Å². The highest BCUT2D eigenvalue weighted by Crippen LogP contribution is 2.21. The number of allylic oxidation sites excluding steroid dienone is 2. The molecule has 0 radical (unpaired) electrons. The van der Waals surface area contributed by atoms with Crippen LogP contribution in [0.2, 0.25) is 0 Å². The molecule has 200 valence electrons. The predicted molar refractivity (Wildman–Crippen MR) is 149 cm³/mol. The molecule has 0 unspecified atom stereocenters. The van der Waals surface area contributed by atoms with E-state index in [1.807, 2.05) is 58.0 Å². The molecule has 37 heavy (non-hydrogen) atoms. The maximum atomic E-state index is 13.0. The highest BCUT2D eigenvalue weighted by Gasteiger charge is 2.25. The Morgan fingerprint density at radius 3 is 2.49 bits per heavy atom. The van der Waals surface area contributed by atoms with Crippen LogP contribution >= 0.6 is 11.6 Å². The molecule has 2 aromatic rings. The Kier molecular flexibility index (Phi) is 10.7. The molecule has 1 aromatic heterocycles. The molecule has 0 spiro atoms. The molecule has 1 heterocycles. The summed E-state index contributed by atoms with van der Waals surface area (Å²) in [4.78, 5) is 38.3. The largest absolute Gasteiger partial charge is 0.375 e. The van der Waals surface area contributed by atoms with E-state index in [1.54, 1.807) is 30.8 Å². The summed E-state index contributed by atoms with van der Waals surface area (Å²) >= 11 is 6.14. The number of benzene rings is 1. The van der Waals surface area contributed by atoms with E-state index in [4.69, 9.17) is 16.3 Å². The Morgan fingerprint density at radius 1 is 1.22 bits per heavy atom. The van der Waals surface area contributed by atoms with Crippen molar-refractivity contribution in [3.63, 3.8) is 0 Å². The molecule has 0 fully saturated rings. The average molecular weight is 529 g/mol. The van der Waals surface area contributed by atoms with Crippen molar-refractivity contribution < 1.29 is 14.3 Å². The van der Waals surface area contributed by atoms with Gasteiger partial charge >= 0.3 is 0 Å². The van der Waals surface area contributed by atoms with Gasteiger partial charge in [-0.1, -0.05) is 56.3 Å². The number of nitrogens with one attached hydrogen (secondary N) is 2. The van der Waals surface area contributed by atoms with Crippen LogP contribution in [-0.4, -0.2) is 40.4 Å². The van der Waals surface area contributed by atoms with Gasteiger partial charge in [-0.15, -0.1) is 0 Å². The van der Waals surface area contributed by atoms with E-state index < -0.39 is 5.41 Å². The molecule has 0 saturated carbocycles. The van der Waals surface area contributed by atoms with Crippen molar-refractivity contribution in [1.82, 2.24) is 14.7 Å². The monoisotopic (exact) mass is 528 g/mol. The second-order valence-corrected chi connectivity index (χ2v) is 10.3. The van der Waals surface area contributed by atoms with Crippen molar-refractivity contribution in [3.8, 4) is 5.69 Å². The second-order valence-electron chi connectivity index (χ2n) is 9.85. The lowest BCUT2D eigenvalue weighted by molar-refractivity contribution is -0.120. The van der Waals surface area contributed by atoms with E-state index in [0.717, 1.165) is 0 Å². The Balaban J connectivity index is 1.96. The Labute approximate surface area is 223 Å². The average Bonchev–Trinajstić information content (AvgIpc) is 3.03. The van der Waals surface area contributed by atoms with E-state index in [-0.39, 0.29) is 47.7 Å². The fraction of sp³-hybridized carbons (Fsp3) is 0.393. The standard InChI is InChI=1S/C28H37ClN4O4/c1-19(2)37-15-11-12-22(29)16-20(3)26(35)30-18-28(5,6)17-24(34)31-25-21(4)32(7)33(27(25)36)23-13-9-8-10-14-23/h8-14,16,19H,3,15,17-18H2,1-2,4-7H3,(H,30,35)(H,31,34)/b12-11-,22-16+. The summed E-state index contributed by atoms with van der Waals surface area (Å²) in [5, 5.41) is 5.91. The lowest BCUT2D eigenvalue weighted by Gasteiger charge is -2.24. The fourth-order valence-corrected chi connectivity index (χ4v) is 3.74. The number of para-hydroxylation sites is 1. The molecule has 9 heteroatoms. The molecule has 0 aliphatic rings. The molecule has 0 aliphatic carbocycles. The third-order valence-electron chi connectivity index (χ3n) is 5.59. The number of rotatable bonds is 12. The zero-order valence-electron chi connectivity index (χ0n) is 22.4. The van der Waals surface area contributed by atoms with Crippen molar-refractivity contribution in [3.05, 3.63) is 81.8 Å². The summed E-state index contributed by atoms with van der Waals surface area (Å²) in [7, 11) is 1.77.